The molecule has 2 heterocycles. The summed E-state index contributed by atoms with van der Waals surface area (Å²) >= 11 is 2.94. The van der Waals surface area contributed by atoms with E-state index in [0.717, 1.165) is 4.88 Å². The summed E-state index contributed by atoms with van der Waals surface area (Å²) in [5, 5.41) is 17.0. The zero-order chi connectivity index (χ0) is 18.4. The molecule has 1 amide bonds. The van der Waals surface area contributed by atoms with Crippen LogP contribution in [-0.4, -0.2) is 37.7 Å². The Morgan fingerprint density at radius 1 is 1.23 bits per heavy atom. The Hall–Kier alpha value is -2.52. The molecule has 0 aliphatic rings. The highest BCUT2D eigenvalue weighted by Crippen LogP contribution is 2.19. The zero-order valence-corrected chi connectivity index (χ0v) is 15.7. The fourth-order valence-electron chi connectivity index (χ4n) is 2.15. The maximum atomic E-state index is 12.4. The second kappa shape index (κ2) is 8.72. The molecule has 0 bridgehead atoms. The molecule has 26 heavy (non-hydrogen) atoms. The van der Waals surface area contributed by atoms with Crippen molar-refractivity contribution in [1.29, 1.82) is 0 Å². The number of aromatic nitrogens is 4. The molecular formula is C17H17N5O2S2. The van der Waals surface area contributed by atoms with Crippen LogP contribution in [0.15, 0.2) is 46.9 Å². The predicted molar refractivity (Wildman–Crippen MR) is 102 cm³/mol. The van der Waals surface area contributed by atoms with E-state index in [9.17, 15) is 9.59 Å². The molecule has 0 fully saturated rings. The third-order valence-electron chi connectivity index (χ3n) is 3.53. The summed E-state index contributed by atoms with van der Waals surface area (Å²) < 4.78 is 1.69. The number of anilines is 1. The first-order valence-corrected chi connectivity index (χ1v) is 9.86. The lowest BCUT2D eigenvalue weighted by Crippen LogP contribution is -2.10. The Bertz CT molecular complexity index is 875. The van der Waals surface area contributed by atoms with Gasteiger partial charge in [0.2, 0.25) is 11.1 Å². The number of Topliss-reactive ketones (excluding diaryl/α,β-unsaturated/α-hetero) is 1. The van der Waals surface area contributed by atoms with E-state index in [0.29, 0.717) is 29.4 Å². The first-order chi connectivity index (χ1) is 12.7. The molecule has 7 nitrogen and oxygen atoms in total. The average Bonchev–Trinajstić information content (AvgIpc) is 3.32. The third-order valence-corrected chi connectivity index (χ3v) is 5.35. The van der Waals surface area contributed by atoms with Gasteiger partial charge in [0, 0.05) is 22.5 Å². The van der Waals surface area contributed by atoms with Crippen molar-refractivity contribution in [3.8, 4) is 0 Å². The Labute approximate surface area is 158 Å². The van der Waals surface area contributed by atoms with Crippen molar-refractivity contribution in [1.82, 2.24) is 20.2 Å². The molecule has 1 aromatic carbocycles. The molecule has 0 saturated carbocycles. The summed E-state index contributed by atoms with van der Waals surface area (Å²) in [6, 6.07) is 10.9. The smallest absolute Gasteiger partial charge is 0.224 e. The number of rotatable bonds is 8. The minimum absolute atomic E-state index is 0.0194. The van der Waals surface area contributed by atoms with Crippen molar-refractivity contribution in [3.05, 3.63) is 52.2 Å². The van der Waals surface area contributed by atoms with Gasteiger partial charge in [-0.25, -0.2) is 4.68 Å². The normalized spacial score (nSPS) is 10.7. The molecule has 3 rings (SSSR count). The summed E-state index contributed by atoms with van der Waals surface area (Å²) in [5.74, 6) is 0.164. The lowest BCUT2D eigenvalue weighted by Gasteiger charge is -2.05. The summed E-state index contributed by atoms with van der Waals surface area (Å²) in [4.78, 5) is 24.9. The van der Waals surface area contributed by atoms with Crippen molar-refractivity contribution in [2.45, 2.75) is 25.0 Å². The number of amides is 1. The van der Waals surface area contributed by atoms with Gasteiger partial charge in [-0.3, -0.25) is 9.59 Å². The highest BCUT2D eigenvalue weighted by atomic mass is 32.2. The number of benzene rings is 1. The maximum absolute atomic E-state index is 12.4. The second-order valence-electron chi connectivity index (χ2n) is 5.39. The number of tetrazole rings is 1. The van der Waals surface area contributed by atoms with Gasteiger partial charge in [-0.2, -0.15) is 0 Å². The van der Waals surface area contributed by atoms with Crippen molar-refractivity contribution < 1.29 is 9.59 Å². The van der Waals surface area contributed by atoms with Crippen molar-refractivity contribution in [2.24, 2.45) is 0 Å². The molecule has 0 unspecified atom stereocenters. The average molecular weight is 387 g/mol. The molecule has 2 aromatic heterocycles. The van der Waals surface area contributed by atoms with Crippen LogP contribution in [0.5, 0.6) is 0 Å². The standard InChI is InChI=1S/C17H17N5O2S2/c1-2-16(24)18-13-7-5-12(6-8-13)15(23)11-26-17-19-20-21-22(17)10-14-4-3-9-25-14/h3-9H,2,10-11H2,1H3,(H,18,24). The van der Waals surface area contributed by atoms with Crippen LogP contribution in [0, 0.1) is 0 Å². The number of thiophene rings is 1. The largest absolute Gasteiger partial charge is 0.326 e. The molecular weight excluding hydrogens is 370 g/mol. The number of carbonyl (C=O) groups excluding carboxylic acids is 2. The number of nitrogens with zero attached hydrogens (tertiary/aromatic N) is 4. The Morgan fingerprint density at radius 3 is 2.73 bits per heavy atom. The summed E-state index contributed by atoms with van der Waals surface area (Å²) in [6.45, 7) is 2.38. The summed E-state index contributed by atoms with van der Waals surface area (Å²) in [7, 11) is 0. The van der Waals surface area contributed by atoms with Crippen LogP contribution >= 0.6 is 23.1 Å². The highest BCUT2D eigenvalue weighted by Gasteiger charge is 2.12. The highest BCUT2D eigenvalue weighted by molar-refractivity contribution is 7.99. The molecule has 1 N–H and O–H groups in total. The van der Waals surface area contributed by atoms with Crippen LogP contribution in [0.3, 0.4) is 0 Å². The van der Waals surface area contributed by atoms with Crippen LogP contribution in [-0.2, 0) is 11.3 Å². The first-order valence-electron chi connectivity index (χ1n) is 8.00. The van der Waals surface area contributed by atoms with Crippen molar-refractivity contribution >= 4 is 40.5 Å². The fraction of sp³-hybridized carbons (Fsp3) is 0.235. The topological polar surface area (TPSA) is 89.8 Å². The van der Waals surface area contributed by atoms with Gasteiger partial charge in [-0.1, -0.05) is 24.8 Å². The first kappa shape index (κ1) is 18.3. The monoisotopic (exact) mass is 387 g/mol. The van der Waals surface area contributed by atoms with E-state index in [-0.39, 0.29) is 17.4 Å². The van der Waals surface area contributed by atoms with E-state index in [1.165, 1.54) is 11.8 Å². The molecule has 0 spiro atoms. The second-order valence-corrected chi connectivity index (χ2v) is 7.36. The van der Waals surface area contributed by atoms with Gasteiger partial charge < -0.3 is 5.32 Å². The SMILES string of the molecule is CCC(=O)Nc1ccc(C(=O)CSc2nnnn2Cc2cccs2)cc1. The van der Waals surface area contributed by atoms with Crippen LogP contribution in [0.4, 0.5) is 5.69 Å². The zero-order valence-electron chi connectivity index (χ0n) is 14.1. The number of carbonyl (C=O) groups is 2. The van der Waals surface area contributed by atoms with Crippen LogP contribution in [0.2, 0.25) is 0 Å². The minimum atomic E-state index is -0.0581. The number of nitrogens with one attached hydrogen (secondary N) is 1. The fourth-order valence-corrected chi connectivity index (χ4v) is 3.61. The number of thioether (sulfide) groups is 1. The quantitative estimate of drug-likeness (QED) is 0.472. The number of hydrogen-bond acceptors (Lipinski definition) is 7. The van der Waals surface area contributed by atoms with E-state index >= 15 is 0 Å². The Kier molecular flexibility index (Phi) is 6.13. The van der Waals surface area contributed by atoms with Gasteiger partial charge >= 0.3 is 0 Å². The van der Waals surface area contributed by atoms with E-state index in [2.05, 4.69) is 20.8 Å². The van der Waals surface area contributed by atoms with Crippen LogP contribution < -0.4 is 5.32 Å². The lowest BCUT2D eigenvalue weighted by molar-refractivity contribution is -0.115. The third kappa shape index (κ3) is 4.77. The van der Waals surface area contributed by atoms with Crippen molar-refractivity contribution in [2.75, 3.05) is 11.1 Å². The van der Waals surface area contributed by atoms with Crippen molar-refractivity contribution in [3.63, 3.8) is 0 Å². The summed E-state index contributed by atoms with van der Waals surface area (Å²) in [6.07, 6.45) is 0.414. The van der Waals surface area contributed by atoms with Gasteiger partial charge in [-0.15, -0.1) is 16.4 Å². The molecule has 0 saturated heterocycles. The lowest BCUT2D eigenvalue weighted by atomic mass is 10.1. The molecule has 9 heteroatoms. The molecule has 0 aliphatic carbocycles. The van der Waals surface area contributed by atoms with E-state index in [4.69, 9.17) is 0 Å². The predicted octanol–water partition coefficient (Wildman–Crippen LogP) is 3.11. The van der Waals surface area contributed by atoms with Crippen LogP contribution in [0.1, 0.15) is 28.6 Å². The maximum Gasteiger partial charge on any atom is 0.224 e. The molecule has 3 aromatic rings. The Balaban J connectivity index is 1.57. The van der Waals surface area contributed by atoms with Crippen LogP contribution in [0.25, 0.3) is 0 Å². The minimum Gasteiger partial charge on any atom is -0.326 e. The van der Waals surface area contributed by atoms with Gasteiger partial charge in [0.15, 0.2) is 5.78 Å². The Morgan fingerprint density at radius 2 is 2.04 bits per heavy atom. The van der Waals surface area contributed by atoms with Gasteiger partial charge in [0.25, 0.3) is 0 Å². The number of ketones is 1. The summed E-state index contributed by atoms with van der Waals surface area (Å²) in [5.41, 5.74) is 1.27. The molecule has 0 atom stereocenters. The molecule has 134 valence electrons. The van der Waals surface area contributed by atoms with Gasteiger partial charge in [-0.05, 0) is 46.1 Å². The number of hydrogen-bond donors (Lipinski definition) is 1. The van der Waals surface area contributed by atoms with Gasteiger partial charge in [0.05, 0.1) is 12.3 Å². The molecule has 0 radical (unpaired) electrons. The van der Waals surface area contributed by atoms with E-state index < -0.39 is 0 Å². The molecule has 0 aliphatic heterocycles. The van der Waals surface area contributed by atoms with Gasteiger partial charge in [0.1, 0.15) is 0 Å². The van der Waals surface area contributed by atoms with E-state index in [1.54, 1.807) is 47.2 Å². The van der Waals surface area contributed by atoms with E-state index in [1.807, 2.05) is 17.5 Å².